The van der Waals surface area contributed by atoms with Crippen molar-refractivity contribution in [3.8, 4) is 11.4 Å². The number of likely N-dealkylation sites (N-methyl/N-ethyl adjacent to an activating group) is 1. The number of nitrogens with one attached hydrogen (secondary N) is 2. The third-order valence-corrected chi connectivity index (χ3v) is 12.2. The van der Waals surface area contributed by atoms with Gasteiger partial charge >= 0.3 is 18.2 Å². The monoisotopic (exact) mass is 835 g/mol. The number of hydrogen-bond acceptors (Lipinski definition) is 14. The Bertz CT molecular complexity index is 1880. The second-order valence-electron chi connectivity index (χ2n) is 17.0. The first-order chi connectivity index (χ1) is 28.3. The Balaban J connectivity index is 1.48. The number of aliphatic hydroxyl groups is 1. The van der Waals surface area contributed by atoms with Crippen molar-refractivity contribution in [3.63, 3.8) is 0 Å². The summed E-state index contributed by atoms with van der Waals surface area (Å²) >= 11 is 0. The SMILES string of the molecule is CC[C@H]1OC(=O)[C@H](C)C(=O)[C@H](C)[C@@H](O[C@@H]2O[C@H](C)C[C@H](N(C)C)[C@H]2O)[C@](C)(OC(=O)NC/C=C/c2ccc(-c3ncccn3)cc2)C[C@@H](C)C(=O)[C@H](C)[C@H]2NC(=O)O[C@@]21C. The minimum absolute atomic E-state index is 0.0535. The summed E-state index contributed by atoms with van der Waals surface area (Å²) in [6.07, 6.45) is 0.660. The van der Waals surface area contributed by atoms with Crippen molar-refractivity contribution in [2.75, 3.05) is 20.6 Å². The third-order valence-electron chi connectivity index (χ3n) is 12.2. The lowest BCUT2D eigenvalue weighted by molar-refractivity contribution is -0.292. The van der Waals surface area contributed by atoms with Crippen LogP contribution in [0, 0.1) is 23.7 Å². The first-order valence-electron chi connectivity index (χ1n) is 20.7. The second kappa shape index (κ2) is 19.3. The number of nitrogens with zero attached hydrogens (tertiary/aromatic N) is 3. The van der Waals surface area contributed by atoms with Gasteiger partial charge in [-0.15, -0.1) is 0 Å². The minimum Gasteiger partial charge on any atom is -0.458 e. The summed E-state index contributed by atoms with van der Waals surface area (Å²) in [6, 6.07) is 8.03. The van der Waals surface area contributed by atoms with Gasteiger partial charge in [0.05, 0.1) is 12.1 Å². The number of aliphatic hydroxyl groups excluding tert-OH is 1. The molecule has 3 aliphatic heterocycles. The van der Waals surface area contributed by atoms with E-state index in [2.05, 4.69) is 20.6 Å². The van der Waals surface area contributed by atoms with Crippen LogP contribution in [0.25, 0.3) is 17.5 Å². The molecule has 3 fully saturated rings. The van der Waals surface area contributed by atoms with Gasteiger partial charge in [0, 0.05) is 48.3 Å². The normalized spacial score (nSPS) is 35.6. The van der Waals surface area contributed by atoms with Crippen molar-refractivity contribution in [2.24, 2.45) is 23.7 Å². The molecule has 0 unspecified atom stereocenters. The molecule has 3 aliphatic rings. The number of cyclic esters (lactones) is 1. The number of amides is 2. The van der Waals surface area contributed by atoms with Crippen molar-refractivity contribution in [2.45, 2.75) is 129 Å². The summed E-state index contributed by atoms with van der Waals surface area (Å²) < 4.78 is 30.7. The largest absolute Gasteiger partial charge is 0.458 e. The molecule has 2 amide bonds. The summed E-state index contributed by atoms with van der Waals surface area (Å²) in [4.78, 5) is 79.7. The van der Waals surface area contributed by atoms with Gasteiger partial charge in [0.1, 0.15) is 35.6 Å². The molecular formula is C44H61N5O11. The van der Waals surface area contributed by atoms with E-state index in [1.54, 1.807) is 66.1 Å². The van der Waals surface area contributed by atoms with Crippen LogP contribution in [-0.4, -0.2) is 124 Å². The molecule has 1 aromatic heterocycles. The van der Waals surface area contributed by atoms with Crippen LogP contribution < -0.4 is 10.6 Å². The highest BCUT2D eigenvalue weighted by Gasteiger charge is 2.57. The lowest BCUT2D eigenvalue weighted by atomic mass is 9.73. The van der Waals surface area contributed by atoms with Crippen LogP contribution in [0.3, 0.4) is 0 Å². The highest BCUT2D eigenvalue weighted by atomic mass is 16.7. The number of benzene rings is 1. The van der Waals surface area contributed by atoms with Gasteiger partial charge in [0.2, 0.25) is 0 Å². The number of hydrogen-bond donors (Lipinski definition) is 3. The van der Waals surface area contributed by atoms with Crippen LogP contribution in [-0.2, 0) is 38.1 Å². The minimum atomic E-state index is -1.75. The smallest absolute Gasteiger partial charge is 0.408 e. The molecule has 5 rings (SSSR count). The maximum atomic E-state index is 14.4. The molecule has 328 valence electrons. The van der Waals surface area contributed by atoms with E-state index in [0.717, 1.165) is 11.1 Å². The molecule has 0 saturated carbocycles. The van der Waals surface area contributed by atoms with Gasteiger partial charge in [0.25, 0.3) is 0 Å². The van der Waals surface area contributed by atoms with Crippen LogP contribution in [0.15, 0.2) is 48.8 Å². The highest BCUT2D eigenvalue weighted by Crippen LogP contribution is 2.40. The Morgan fingerprint density at radius 2 is 1.68 bits per heavy atom. The van der Waals surface area contributed by atoms with E-state index >= 15 is 0 Å². The number of rotatable bonds is 9. The van der Waals surface area contributed by atoms with Crippen LogP contribution in [0.4, 0.5) is 9.59 Å². The van der Waals surface area contributed by atoms with Gasteiger partial charge in [-0.1, -0.05) is 64.1 Å². The van der Waals surface area contributed by atoms with Crippen molar-refractivity contribution in [1.29, 1.82) is 0 Å². The van der Waals surface area contributed by atoms with Gasteiger partial charge in [-0.25, -0.2) is 19.6 Å². The Hall–Kier alpha value is -4.77. The average Bonchev–Trinajstić information content (AvgIpc) is 3.53. The first-order valence-corrected chi connectivity index (χ1v) is 20.7. The Morgan fingerprint density at radius 3 is 2.32 bits per heavy atom. The van der Waals surface area contributed by atoms with Crippen LogP contribution in [0.1, 0.15) is 80.2 Å². The molecule has 16 heteroatoms. The maximum Gasteiger partial charge on any atom is 0.408 e. The topological polar surface area (TPSA) is 205 Å². The van der Waals surface area contributed by atoms with Crippen molar-refractivity contribution >= 4 is 35.8 Å². The molecule has 0 bridgehead atoms. The van der Waals surface area contributed by atoms with Gasteiger partial charge in [-0.2, -0.15) is 0 Å². The van der Waals surface area contributed by atoms with E-state index in [9.17, 15) is 29.1 Å². The quantitative estimate of drug-likeness (QED) is 0.178. The lowest BCUT2D eigenvalue weighted by Crippen LogP contribution is -2.60. The summed E-state index contributed by atoms with van der Waals surface area (Å²) in [6.45, 7) is 13.1. The summed E-state index contributed by atoms with van der Waals surface area (Å²) in [5.41, 5.74) is -1.48. The molecule has 3 N–H and O–H groups in total. The molecule has 1 aromatic carbocycles. The zero-order valence-electron chi connectivity index (χ0n) is 36.2. The predicted octanol–water partition coefficient (Wildman–Crippen LogP) is 4.73. The van der Waals surface area contributed by atoms with Crippen LogP contribution >= 0.6 is 0 Å². The summed E-state index contributed by atoms with van der Waals surface area (Å²) in [5.74, 6) is -5.38. The fraction of sp³-hybridized carbons (Fsp3) is 0.614. The zero-order valence-corrected chi connectivity index (χ0v) is 36.2. The van der Waals surface area contributed by atoms with E-state index in [-0.39, 0.29) is 37.3 Å². The number of carbonyl (C=O) groups is 5. The molecule has 0 aliphatic carbocycles. The van der Waals surface area contributed by atoms with Crippen molar-refractivity contribution < 1.29 is 52.8 Å². The van der Waals surface area contributed by atoms with E-state index in [4.69, 9.17) is 23.7 Å². The number of ether oxygens (including phenoxy) is 5. The fourth-order valence-electron chi connectivity index (χ4n) is 8.86. The van der Waals surface area contributed by atoms with Crippen molar-refractivity contribution in [3.05, 3.63) is 54.4 Å². The van der Waals surface area contributed by atoms with Crippen LogP contribution in [0.2, 0.25) is 0 Å². The van der Waals surface area contributed by atoms with E-state index in [1.807, 2.05) is 56.3 Å². The molecular weight excluding hydrogens is 775 g/mol. The summed E-state index contributed by atoms with van der Waals surface area (Å²) in [7, 11) is 3.65. The highest BCUT2D eigenvalue weighted by molar-refractivity contribution is 6.00. The number of Topliss-reactive ketones (excluding diaryl/α,β-unsaturated/α-hetero) is 2. The van der Waals surface area contributed by atoms with Gasteiger partial charge in [-0.05, 0) is 72.7 Å². The Morgan fingerprint density at radius 1 is 1.02 bits per heavy atom. The fourth-order valence-corrected chi connectivity index (χ4v) is 8.86. The summed E-state index contributed by atoms with van der Waals surface area (Å²) in [5, 5.41) is 17.1. The third kappa shape index (κ3) is 10.2. The van der Waals surface area contributed by atoms with Crippen LogP contribution in [0.5, 0.6) is 0 Å². The molecule has 4 heterocycles. The Labute approximate surface area is 352 Å². The number of aromatic nitrogens is 2. The molecule has 3 saturated heterocycles. The standard InChI is InChI=1S/C44H61N5O11/c1-11-32-44(8)36(48-42(55)60-44)26(4)33(50)24(2)23-43(7,59-41(54)47-19-12-14-29-15-17-30(18-16-29)38-45-20-13-21-46-38)37(27(5)34(51)28(6)39(53)57-32)58-40-35(52)31(49(9)10)22-25(3)56-40/h12-18,20-21,24-28,31-32,35-37,40,52H,11,19,22-23H2,1-10H3,(H,47,54)(H,48,55)/b14-12+/t24-,25-,26+,27+,28-,31+,32-,35-,36-,37-,40+,43-,44-/m1/s1. The number of carbonyl (C=O) groups excluding carboxylic acids is 5. The number of alkyl carbamates (subject to hydrolysis) is 2. The average molecular weight is 836 g/mol. The number of ketones is 2. The molecule has 2 aromatic rings. The molecule has 0 spiro atoms. The van der Waals surface area contributed by atoms with E-state index in [0.29, 0.717) is 12.2 Å². The number of fused-ring (bicyclic) bond motifs is 1. The second-order valence-corrected chi connectivity index (χ2v) is 17.0. The number of esters is 1. The lowest BCUT2D eigenvalue weighted by Gasteiger charge is -2.47. The molecule has 13 atom stereocenters. The Kier molecular flexibility index (Phi) is 14.9. The van der Waals surface area contributed by atoms with Gasteiger partial charge in [-0.3, -0.25) is 14.4 Å². The predicted molar refractivity (Wildman–Crippen MR) is 220 cm³/mol. The van der Waals surface area contributed by atoms with E-state index in [1.165, 1.54) is 6.92 Å². The molecule has 16 nitrogen and oxygen atoms in total. The van der Waals surface area contributed by atoms with E-state index < -0.39 is 89.5 Å². The first kappa shape index (κ1) is 46.3. The molecule has 0 radical (unpaired) electrons. The van der Waals surface area contributed by atoms with Gasteiger partial charge in [0.15, 0.2) is 23.5 Å². The van der Waals surface area contributed by atoms with Gasteiger partial charge < -0.3 is 44.3 Å². The van der Waals surface area contributed by atoms with Crippen molar-refractivity contribution in [1.82, 2.24) is 25.5 Å². The zero-order chi connectivity index (χ0) is 44.1. The maximum absolute atomic E-state index is 14.4. The molecule has 60 heavy (non-hydrogen) atoms.